The van der Waals surface area contributed by atoms with E-state index in [2.05, 4.69) is 15.5 Å². The van der Waals surface area contributed by atoms with E-state index in [1.54, 1.807) is 0 Å². The summed E-state index contributed by atoms with van der Waals surface area (Å²) in [6.45, 7) is 0. The molecule has 1 heterocycles. The lowest BCUT2D eigenvalue weighted by Gasteiger charge is -1.93. The largest absolute Gasteiger partial charge is 0.465 e. The minimum atomic E-state index is -1.16. The molecule has 0 aliphatic rings. The number of hydrogen-bond acceptors (Lipinski definition) is 3. The molecule has 5 N–H and O–H groups in total. The van der Waals surface area contributed by atoms with E-state index < -0.39 is 6.09 Å². The third-order valence-corrected chi connectivity index (χ3v) is 0.911. The lowest BCUT2D eigenvalue weighted by Crippen LogP contribution is -2.07. The van der Waals surface area contributed by atoms with Gasteiger partial charge in [-0.05, 0) is 0 Å². The highest BCUT2D eigenvalue weighted by Crippen LogP contribution is 2.11. The molecule has 1 rings (SSSR count). The van der Waals surface area contributed by atoms with Crippen LogP contribution in [0, 0.1) is 0 Å². The Bertz CT molecular complexity index is 243. The number of aromatic nitrogens is 2. The maximum atomic E-state index is 10.0. The maximum Gasteiger partial charge on any atom is 0.409 e. The first-order chi connectivity index (χ1) is 4.70. The number of anilines is 2. The number of nitrogens with zero attached hydrogens (tertiary/aromatic N) is 1. The fourth-order valence-electron chi connectivity index (χ4n) is 0.516. The molecule has 0 unspecified atom stereocenters. The van der Waals surface area contributed by atoms with Crippen molar-refractivity contribution >= 4 is 17.6 Å². The molecule has 0 saturated carbocycles. The number of hydrogen-bond donors (Lipinski definition) is 4. The zero-order valence-electron chi connectivity index (χ0n) is 4.96. The lowest BCUT2D eigenvalue weighted by atomic mass is 10.5. The predicted molar refractivity (Wildman–Crippen MR) is 34.6 cm³/mol. The Morgan fingerprint density at radius 3 is 3.00 bits per heavy atom. The van der Waals surface area contributed by atoms with Crippen molar-refractivity contribution in [3.63, 3.8) is 0 Å². The Balaban J connectivity index is 2.74. The zero-order chi connectivity index (χ0) is 7.56. The van der Waals surface area contributed by atoms with Crippen molar-refractivity contribution in [2.24, 2.45) is 0 Å². The zero-order valence-corrected chi connectivity index (χ0v) is 4.96. The van der Waals surface area contributed by atoms with E-state index in [0.29, 0.717) is 0 Å². The van der Waals surface area contributed by atoms with Gasteiger partial charge in [-0.15, -0.1) is 0 Å². The van der Waals surface area contributed by atoms with Gasteiger partial charge in [0.1, 0.15) is 5.69 Å². The van der Waals surface area contributed by atoms with Gasteiger partial charge in [-0.2, -0.15) is 5.10 Å². The number of rotatable bonds is 1. The Hall–Kier alpha value is -1.72. The van der Waals surface area contributed by atoms with Gasteiger partial charge in [-0.1, -0.05) is 0 Å². The van der Waals surface area contributed by atoms with Crippen molar-refractivity contribution in [2.75, 3.05) is 11.1 Å². The highest BCUT2D eigenvalue weighted by atomic mass is 16.4. The van der Waals surface area contributed by atoms with Gasteiger partial charge in [0.15, 0.2) is 5.82 Å². The van der Waals surface area contributed by atoms with Crippen LogP contribution in [-0.2, 0) is 0 Å². The van der Waals surface area contributed by atoms with Gasteiger partial charge in [0.25, 0.3) is 0 Å². The fourth-order valence-corrected chi connectivity index (χ4v) is 0.516. The molecule has 1 aromatic rings. The van der Waals surface area contributed by atoms with Crippen LogP contribution in [-0.4, -0.2) is 21.4 Å². The quantitative estimate of drug-likeness (QED) is 0.445. The average molecular weight is 142 g/mol. The normalized spacial score (nSPS) is 9.20. The summed E-state index contributed by atoms with van der Waals surface area (Å²) in [5, 5.41) is 16.2. The molecule has 0 spiro atoms. The molecule has 0 aliphatic heterocycles. The van der Waals surface area contributed by atoms with Gasteiger partial charge >= 0.3 is 6.09 Å². The summed E-state index contributed by atoms with van der Waals surface area (Å²) in [6.07, 6.45) is 0.205. The highest BCUT2D eigenvalue weighted by molar-refractivity contribution is 5.86. The fraction of sp³-hybridized carbons (Fsp3) is 0. The third kappa shape index (κ3) is 1.16. The number of nitrogen functional groups attached to an aromatic ring is 1. The summed E-state index contributed by atoms with van der Waals surface area (Å²) in [4.78, 5) is 10.0. The molecular formula is C4H6N4O2. The van der Waals surface area contributed by atoms with E-state index in [4.69, 9.17) is 10.8 Å². The molecule has 10 heavy (non-hydrogen) atoms. The van der Waals surface area contributed by atoms with Crippen molar-refractivity contribution in [1.29, 1.82) is 0 Å². The van der Waals surface area contributed by atoms with Crippen LogP contribution in [0.2, 0.25) is 0 Å². The third-order valence-electron chi connectivity index (χ3n) is 0.911. The van der Waals surface area contributed by atoms with Gasteiger partial charge in [0.05, 0.1) is 0 Å². The number of nitrogens with one attached hydrogen (secondary N) is 2. The van der Waals surface area contributed by atoms with E-state index in [0.717, 1.165) is 0 Å². The van der Waals surface area contributed by atoms with Gasteiger partial charge in [-0.3, -0.25) is 10.4 Å². The molecule has 0 atom stereocenters. The maximum absolute atomic E-state index is 10.0. The molecule has 0 fully saturated rings. The minimum absolute atomic E-state index is 0.141. The standard InChI is InChI=1S/C4H6N4O2/c5-3-2(1-6-8-3)7-4(9)10/h1,7H,(H,9,10)(H3,5,6,8). The van der Waals surface area contributed by atoms with E-state index in [9.17, 15) is 4.79 Å². The Morgan fingerprint density at radius 1 is 1.90 bits per heavy atom. The Labute approximate surface area is 56.0 Å². The molecule has 0 aromatic carbocycles. The Kier molecular flexibility index (Phi) is 1.44. The van der Waals surface area contributed by atoms with Gasteiger partial charge < -0.3 is 10.8 Å². The minimum Gasteiger partial charge on any atom is -0.465 e. The predicted octanol–water partition coefficient (Wildman–Crippen LogP) is 0.0818. The van der Waals surface area contributed by atoms with Crippen LogP contribution in [0.4, 0.5) is 16.3 Å². The molecule has 0 saturated heterocycles. The van der Waals surface area contributed by atoms with Crippen LogP contribution in [0.3, 0.4) is 0 Å². The molecule has 54 valence electrons. The first-order valence-corrected chi connectivity index (χ1v) is 2.49. The molecule has 6 nitrogen and oxygen atoms in total. The van der Waals surface area contributed by atoms with E-state index in [-0.39, 0.29) is 11.5 Å². The summed E-state index contributed by atoms with van der Waals surface area (Å²) in [5.41, 5.74) is 5.49. The van der Waals surface area contributed by atoms with Crippen molar-refractivity contribution in [1.82, 2.24) is 10.2 Å². The van der Waals surface area contributed by atoms with Crippen LogP contribution in [0.15, 0.2) is 6.20 Å². The first kappa shape index (κ1) is 6.40. The summed E-state index contributed by atoms with van der Waals surface area (Å²) in [5.74, 6) is 0.141. The van der Waals surface area contributed by atoms with E-state index in [1.165, 1.54) is 6.20 Å². The van der Waals surface area contributed by atoms with Gasteiger partial charge in [-0.25, -0.2) is 4.79 Å². The van der Waals surface area contributed by atoms with Gasteiger partial charge in [0.2, 0.25) is 0 Å². The molecule has 1 aromatic heterocycles. The highest BCUT2D eigenvalue weighted by Gasteiger charge is 2.02. The number of H-pyrrole nitrogens is 1. The molecular weight excluding hydrogens is 136 g/mol. The second-order valence-electron chi connectivity index (χ2n) is 1.61. The second kappa shape index (κ2) is 2.26. The Morgan fingerprint density at radius 2 is 2.60 bits per heavy atom. The van der Waals surface area contributed by atoms with Crippen LogP contribution in [0.1, 0.15) is 0 Å². The van der Waals surface area contributed by atoms with E-state index in [1.807, 2.05) is 0 Å². The van der Waals surface area contributed by atoms with Crippen molar-refractivity contribution in [3.8, 4) is 0 Å². The number of aromatic amines is 1. The van der Waals surface area contributed by atoms with E-state index >= 15 is 0 Å². The number of amides is 1. The lowest BCUT2D eigenvalue weighted by molar-refractivity contribution is 0.210. The topological polar surface area (TPSA) is 104 Å². The summed E-state index contributed by atoms with van der Waals surface area (Å²) in [6, 6.07) is 0. The smallest absolute Gasteiger partial charge is 0.409 e. The van der Waals surface area contributed by atoms with Crippen molar-refractivity contribution in [3.05, 3.63) is 6.20 Å². The molecule has 0 radical (unpaired) electrons. The van der Waals surface area contributed by atoms with Crippen molar-refractivity contribution < 1.29 is 9.90 Å². The number of nitrogens with two attached hydrogens (primary N) is 1. The second-order valence-corrected chi connectivity index (χ2v) is 1.61. The summed E-state index contributed by atoms with van der Waals surface area (Å²) < 4.78 is 0. The molecule has 6 heteroatoms. The van der Waals surface area contributed by atoms with Crippen LogP contribution < -0.4 is 11.1 Å². The molecule has 0 aliphatic carbocycles. The average Bonchev–Trinajstić information content (AvgIpc) is 2.15. The molecule has 1 amide bonds. The summed E-state index contributed by atoms with van der Waals surface area (Å²) in [7, 11) is 0. The van der Waals surface area contributed by atoms with Crippen LogP contribution >= 0.6 is 0 Å². The first-order valence-electron chi connectivity index (χ1n) is 2.49. The van der Waals surface area contributed by atoms with Gasteiger partial charge in [0, 0.05) is 6.20 Å². The summed E-state index contributed by atoms with van der Waals surface area (Å²) >= 11 is 0. The van der Waals surface area contributed by atoms with Crippen LogP contribution in [0.5, 0.6) is 0 Å². The monoisotopic (exact) mass is 142 g/mol. The number of carbonyl (C=O) groups is 1. The molecule has 0 bridgehead atoms. The van der Waals surface area contributed by atoms with Crippen molar-refractivity contribution in [2.45, 2.75) is 0 Å². The SMILES string of the molecule is Nc1n[nH]cc1NC(=O)O. The van der Waals surface area contributed by atoms with Crippen LogP contribution in [0.25, 0.3) is 0 Å². The number of carboxylic acid groups (broad SMARTS) is 1.